The highest BCUT2D eigenvalue weighted by atomic mass is 16.2. The van der Waals surface area contributed by atoms with Crippen molar-refractivity contribution in [1.82, 2.24) is 5.32 Å². The van der Waals surface area contributed by atoms with Gasteiger partial charge < -0.3 is 10.6 Å². The topological polar surface area (TPSA) is 58.2 Å². The predicted octanol–water partition coefficient (Wildman–Crippen LogP) is 1.64. The number of fused-ring (bicyclic) bond motifs is 1. The number of anilines is 1. The maximum atomic E-state index is 11.8. The highest BCUT2D eigenvalue weighted by Gasteiger charge is 2.31. The maximum absolute atomic E-state index is 11.8. The van der Waals surface area contributed by atoms with E-state index in [0.29, 0.717) is 13.0 Å². The Morgan fingerprint density at radius 3 is 2.89 bits per heavy atom. The normalized spacial score (nSPS) is 21.3. The molecule has 1 heterocycles. The Bertz CT molecular complexity index is 494. The molecule has 4 nitrogen and oxygen atoms in total. The summed E-state index contributed by atoms with van der Waals surface area (Å²) in [5, 5.41) is 5.77. The largest absolute Gasteiger partial charge is 0.356 e. The van der Waals surface area contributed by atoms with Crippen molar-refractivity contribution < 1.29 is 9.59 Å². The van der Waals surface area contributed by atoms with Gasteiger partial charge in [0.2, 0.25) is 11.8 Å². The summed E-state index contributed by atoms with van der Waals surface area (Å²) >= 11 is 0. The number of para-hydroxylation sites is 1. The molecule has 2 aliphatic rings. The summed E-state index contributed by atoms with van der Waals surface area (Å²) in [6.07, 6.45) is 2.69. The van der Waals surface area contributed by atoms with Gasteiger partial charge in [0.15, 0.2) is 0 Å². The van der Waals surface area contributed by atoms with Crippen LogP contribution in [0.1, 0.15) is 30.7 Å². The van der Waals surface area contributed by atoms with E-state index in [1.165, 1.54) is 0 Å². The van der Waals surface area contributed by atoms with Crippen LogP contribution in [0.25, 0.3) is 0 Å². The van der Waals surface area contributed by atoms with Gasteiger partial charge in [-0.2, -0.15) is 0 Å². The van der Waals surface area contributed by atoms with Crippen LogP contribution in [-0.4, -0.2) is 18.4 Å². The lowest BCUT2D eigenvalue weighted by atomic mass is 9.97. The Balaban J connectivity index is 1.59. The summed E-state index contributed by atoms with van der Waals surface area (Å²) < 4.78 is 0. The lowest BCUT2D eigenvalue weighted by Crippen LogP contribution is -2.28. The minimum absolute atomic E-state index is 0.0388. The number of carbonyl (C=O) groups excluding carboxylic acids is 2. The fraction of sp³-hybridized carbons (Fsp3) is 0.429. The second-order valence-corrected chi connectivity index (χ2v) is 4.98. The number of amides is 2. The first-order chi connectivity index (χ1) is 8.75. The second-order valence-electron chi connectivity index (χ2n) is 4.98. The molecule has 1 atom stereocenters. The van der Waals surface area contributed by atoms with Crippen molar-refractivity contribution in [2.24, 2.45) is 5.92 Å². The van der Waals surface area contributed by atoms with Crippen LogP contribution in [0.5, 0.6) is 0 Å². The molecule has 1 fully saturated rings. The molecule has 1 aliphatic carbocycles. The number of carbonyl (C=O) groups is 2. The van der Waals surface area contributed by atoms with Gasteiger partial charge in [0.05, 0.1) is 5.92 Å². The van der Waals surface area contributed by atoms with Crippen molar-refractivity contribution in [3.05, 3.63) is 29.8 Å². The number of hydrogen-bond acceptors (Lipinski definition) is 2. The van der Waals surface area contributed by atoms with Crippen LogP contribution in [-0.2, 0) is 9.59 Å². The first-order valence-electron chi connectivity index (χ1n) is 6.43. The zero-order chi connectivity index (χ0) is 12.5. The Labute approximate surface area is 106 Å². The third kappa shape index (κ3) is 2.10. The lowest BCUT2D eigenvalue weighted by Gasteiger charge is -2.09. The maximum Gasteiger partial charge on any atom is 0.232 e. The SMILES string of the molecule is O=C(NCCC1C(=O)Nc2ccccc21)C1CC1. The van der Waals surface area contributed by atoms with Crippen LogP contribution >= 0.6 is 0 Å². The molecule has 1 aromatic rings. The summed E-state index contributed by atoms with van der Waals surface area (Å²) in [6.45, 7) is 0.571. The summed E-state index contributed by atoms with van der Waals surface area (Å²) in [7, 11) is 0. The monoisotopic (exact) mass is 244 g/mol. The van der Waals surface area contributed by atoms with Crippen molar-refractivity contribution in [3.63, 3.8) is 0 Å². The van der Waals surface area contributed by atoms with Gasteiger partial charge in [-0.25, -0.2) is 0 Å². The predicted molar refractivity (Wildman–Crippen MR) is 68.2 cm³/mol. The summed E-state index contributed by atoms with van der Waals surface area (Å²) in [4.78, 5) is 23.3. The standard InChI is InChI=1S/C14H16N2O2/c17-13(9-5-6-9)15-8-7-11-10-3-1-2-4-12(10)16-14(11)18/h1-4,9,11H,5-8H2,(H,15,17)(H,16,18). The fourth-order valence-electron chi connectivity index (χ4n) is 2.39. The minimum Gasteiger partial charge on any atom is -0.356 e. The molecule has 1 unspecified atom stereocenters. The van der Waals surface area contributed by atoms with E-state index < -0.39 is 0 Å². The minimum atomic E-state index is -0.124. The highest BCUT2D eigenvalue weighted by Crippen LogP contribution is 2.34. The fourth-order valence-corrected chi connectivity index (χ4v) is 2.39. The molecule has 2 amide bonds. The van der Waals surface area contributed by atoms with Crippen LogP contribution < -0.4 is 10.6 Å². The van der Waals surface area contributed by atoms with Crippen molar-refractivity contribution in [3.8, 4) is 0 Å². The third-order valence-electron chi connectivity index (χ3n) is 3.59. The number of rotatable bonds is 4. The molecule has 0 bridgehead atoms. The van der Waals surface area contributed by atoms with E-state index in [-0.39, 0.29) is 23.7 Å². The Hall–Kier alpha value is -1.84. The van der Waals surface area contributed by atoms with Crippen molar-refractivity contribution in [1.29, 1.82) is 0 Å². The van der Waals surface area contributed by atoms with Gasteiger partial charge >= 0.3 is 0 Å². The average Bonchev–Trinajstić information content (AvgIpc) is 3.15. The van der Waals surface area contributed by atoms with Crippen LogP contribution in [0.2, 0.25) is 0 Å². The molecular formula is C14H16N2O2. The van der Waals surface area contributed by atoms with E-state index in [1.807, 2.05) is 24.3 Å². The van der Waals surface area contributed by atoms with E-state index in [9.17, 15) is 9.59 Å². The van der Waals surface area contributed by atoms with Crippen LogP contribution in [0.15, 0.2) is 24.3 Å². The van der Waals surface area contributed by atoms with Gasteiger partial charge in [0.25, 0.3) is 0 Å². The summed E-state index contributed by atoms with van der Waals surface area (Å²) in [5.41, 5.74) is 1.95. The molecule has 0 spiro atoms. The van der Waals surface area contributed by atoms with Crippen molar-refractivity contribution in [2.45, 2.75) is 25.2 Å². The van der Waals surface area contributed by atoms with Gasteiger partial charge in [-0.15, -0.1) is 0 Å². The van der Waals surface area contributed by atoms with Gasteiger partial charge in [0, 0.05) is 18.2 Å². The van der Waals surface area contributed by atoms with Crippen molar-refractivity contribution >= 4 is 17.5 Å². The molecule has 2 N–H and O–H groups in total. The van der Waals surface area contributed by atoms with Crippen LogP contribution in [0.3, 0.4) is 0 Å². The molecule has 94 valence electrons. The quantitative estimate of drug-likeness (QED) is 0.846. The van der Waals surface area contributed by atoms with E-state index in [1.54, 1.807) is 0 Å². The number of benzene rings is 1. The molecule has 0 saturated heterocycles. The second kappa shape index (κ2) is 4.44. The smallest absolute Gasteiger partial charge is 0.232 e. The zero-order valence-electron chi connectivity index (χ0n) is 10.1. The van der Waals surface area contributed by atoms with Gasteiger partial charge in [-0.3, -0.25) is 9.59 Å². The molecule has 1 aliphatic heterocycles. The Morgan fingerprint density at radius 1 is 1.33 bits per heavy atom. The van der Waals surface area contributed by atoms with E-state index in [4.69, 9.17) is 0 Å². The van der Waals surface area contributed by atoms with Gasteiger partial charge in [0.1, 0.15) is 0 Å². The number of nitrogens with one attached hydrogen (secondary N) is 2. The zero-order valence-corrected chi connectivity index (χ0v) is 10.1. The van der Waals surface area contributed by atoms with E-state index >= 15 is 0 Å². The third-order valence-corrected chi connectivity index (χ3v) is 3.59. The number of hydrogen-bond donors (Lipinski definition) is 2. The summed E-state index contributed by atoms with van der Waals surface area (Å²) in [6, 6.07) is 7.74. The average molecular weight is 244 g/mol. The molecule has 0 radical (unpaired) electrons. The first kappa shape index (κ1) is 11.3. The van der Waals surface area contributed by atoms with E-state index in [0.717, 1.165) is 24.1 Å². The highest BCUT2D eigenvalue weighted by molar-refractivity contribution is 6.02. The Morgan fingerprint density at radius 2 is 2.11 bits per heavy atom. The van der Waals surface area contributed by atoms with Crippen LogP contribution in [0.4, 0.5) is 5.69 Å². The molecule has 1 saturated carbocycles. The molecule has 0 aromatic heterocycles. The molecule has 1 aromatic carbocycles. The molecule has 3 rings (SSSR count). The summed E-state index contributed by atoms with van der Waals surface area (Å²) in [5.74, 6) is 0.286. The molecular weight excluding hydrogens is 228 g/mol. The Kier molecular flexibility index (Phi) is 2.78. The molecule has 4 heteroatoms. The molecule has 18 heavy (non-hydrogen) atoms. The lowest BCUT2D eigenvalue weighted by molar-refractivity contribution is -0.122. The first-order valence-corrected chi connectivity index (χ1v) is 6.43. The van der Waals surface area contributed by atoms with E-state index in [2.05, 4.69) is 10.6 Å². The van der Waals surface area contributed by atoms with Gasteiger partial charge in [-0.05, 0) is 30.9 Å². The van der Waals surface area contributed by atoms with Crippen molar-refractivity contribution in [2.75, 3.05) is 11.9 Å². The van der Waals surface area contributed by atoms with Crippen LogP contribution in [0, 0.1) is 5.92 Å². The van der Waals surface area contributed by atoms with Gasteiger partial charge in [-0.1, -0.05) is 18.2 Å².